The fraction of sp³-hybridized carbons (Fsp3) is 0.389. The number of carbonyl (C=O) groups excluding carboxylic acids is 1. The van der Waals surface area contributed by atoms with Gasteiger partial charge in [-0.1, -0.05) is 0 Å². The van der Waals surface area contributed by atoms with Gasteiger partial charge in [-0.3, -0.25) is 14.9 Å². The number of amides is 1. The van der Waals surface area contributed by atoms with Crippen molar-refractivity contribution in [3.63, 3.8) is 0 Å². The van der Waals surface area contributed by atoms with Crippen molar-refractivity contribution in [3.8, 4) is 0 Å². The first-order valence-electron chi connectivity index (χ1n) is 8.87. The number of benzene rings is 1. The standard InChI is InChI=1S/C18H18BrF3N4O3/c1-2-23-11-13(19)10-16(23)17(27)25-7-5-24(6-8-25)14-4-3-12(18(20,21)22)9-15(14)26(28)29/h3-4,9-11H,2,5-8H2,1H3. The van der Waals surface area contributed by atoms with Gasteiger partial charge >= 0.3 is 6.18 Å². The van der Waals surface area contributed by atoms with Gasteiger partial charge in [-0.05, 0) is 41.1 Å². The van der Waals surface area contributed by atoms with Gasteiger partial charge in [-0.2, -0.15) is 13.2 Å². The van der Waals surface area contributed by atoms with Crippen LogP contribution in [0.2, 0.25) is 0 Å². The molecule has 0 spiro atoms. The summed E-state index contributed by atoms with van der Waals surface area (Å²) in [4.78, 5) is 26.6. The number of rotatable bonds is 4. The molecule has 0 unspecified atom stereocenters. The Bertz CT molecular complexity index is 937. The molecule has 7 nitrogen and oxygen atoms in total. The predicted octanol–water partition coefficient (Wildman–Crippen LogP) is 4.16. The average Bonchev–Trinajstić information content (AvgIpc) is 3.07. The Kier molecular flexibility index (Phi) is 5.87. The zero-order valence-electron chi connectivity index (χ0n) is 15.4. The molecule has 0 N–H and O–H groups in total. The monoisotopic (exact) mass is 474 g/mol. The predicted molar refractivity (Wildman–Crippen MR) is 104 cm³/mol. The Morgan fingerprint density at radius 1 is 1.21 bits per heavy atom. The van der Waals surface area contributed by atoms with Crippen molar-refractivity contribution in [2.75, 3.05) is 31.1 Å². The summed E-state index contributed by atoms with van der Waals surface area (Å²) in [6.07, 6.45) is -2.84. The number of anilines is 1. The molecule has 1 amide bonds. The van der Waals surface area contributed by atoms with Crippen LogP contribution >= 0.6 is 15.9 Å². The maximum atomic E-state index is 12.9. The van der Waals surface area contributed by atoms with E-state index >= 15 is 0 Å². The molecule has 2 aromatic rings. The highest BCUT2D eigenvalue weighted by Gasteiger charge is 2.34. The van der Waals surface area contributed by atoms with Gasteiger partial charge in [0.05, 0.1) is 10.5 Å². The average molecular weight is 475 g/mol. The number of alkyl halides is 3. The third kappa shape index (κ3) is 4.39. The number of nitrogens with zero attached hydrogens (tertiary/aromatic N) is 4. The second-order valence-corrected chi connectivity index (χ2v) is 7.48. The highest BCUT2D eigenvalue weighted by Crippen LogP contribution is 2.36. The van der Waals surface area contributed by atoms with Crippen LogP contribution in [0.25, 0.3) is 0 Å². The maximum Gasteiger partial charge on any atom is 0.416 e. The highest BCUT2D eigenvalue weighted by molar-refractivity contribution is 9.10. The lowest BCUT2D eigenvalue weighted by molar-refractivity contribution is -0.384. The second kappa shape index (κ2) is 8.05. The molecule has 1 aromatic carbocycles. The zero-order chi connectivity index (χ0) is 21.3. The van der Waals surface area contributed by atoms with Crippen LogP contribution in [0.4, 0.5) is 24.5 Å². The zero-order valence-corrected chi connectivity index (χ0v) is 17.0. The molecule has 11 heteroatoms. The summed E-state index contributed by atoms with van der Waals surface area (Å²) < 4.78 is 41.3. The molecule has 156 valence electrons. The topological polar surface area (TPSA) is 71.6 Å². The number of aryl methyl sites for hydroxylation is 1. The van der Waals surface area contributed by atoms with E-state index in [0.717, 1.165) is 16.6 Å². The van der Waals surface area contributed by atoms with Gasteiger partial charge in [-0.25, -0.2) is 0 Å². The molecule has 1 aliphatic heterocycles. The molecule has 2 heterocycles. The van der Waals surface area contributed by atoms with Crippen molar-refractivity contribution in [2.45, 2.75) is 19.6 Å². The van der Waals surface area contributed by atoms with Crippen LogP contribution in [0.1, 0.15) is 23.0 Å². The van der Waals surface area contributed by atoms with E-state index in [0.29, 0.717) is 31.4 Å². The van der Waals surface area contributed by atoms with Crippen LogP contribution in [0.3, 0.4) is 0 Å². The van der Waals surface area contributed by atoms with Crippen molar-refractivity contribution in [1.29, 1.82) is 0 Å². The number of piperazine rings is 1. The SMILES string of the molecule is CCn1cc(Br)cc1C(=O)N1CCN(c2ccc(C(F)(F)F)cc2[N+](=O)[O-])CC1. The van der Waals surface area contributed by atoms with Crippen molar-refractivity contribution < 1.29 is 22.9 Å². The summed E-state index contributed by atoms with van der Waals surface area (Å²) in [5, 5.41) is 11.3. The van der Waals surface area contributed by atoms with Crippen molar-refractivity contribution in [3.05, 3.63) is 56.3 Å². The largest absolute Gasteiger partial charge is 0.416 e. The smallest absolute Gasteiger partial charge is 0.362 e. The Labute approximate surface area is 173 Å². The van der Waals surface area contributed by atoms with E-state index in [1.165, 1.54) is 0 Å². The van der Waals surface area contributed by atoms with Gasteiger partial charge in [0.1, 0.15) is 11.4 Å². The van der Waals surface area contributed by atoms with Crippen molar-refractivity contribution in [2.24, 2.45) is 0 Å². The lowest BCUT2D eigenvalue weighted by Gasteiger charge is -2.36. The van der Waals surface area contributed by atoms with Crippen LogP contribution in [-0.4, -0.2) is 46.5 Å². The van der Waals surface area contributed by atoms with Crippen LogP contribution in [0.5, 0.6) is 0 Å². The quantitative estimate of drug-likeness (QED) is 0.492. The second-order valence-electron chi connectivity index (χ2n) is 6.57. The summed E-state index contributed by atoms with van der Waals surface area (Å²) in [5.41, 5.74) is -1.00. The summed E-state index contributed by atoms with van der Waals surface area (Å²) >= 11 is 3.35. The van der Waals surface area contributed by atoms with Gasteiger partial charge in [0, 0.05) is 49.5 Å². The number of aromatic nitrogens is 1. The Morgan fingerprint density at radius 3 is 2.41 bits per heavy atom. The molecular formula is C18H18BrF3N4O3. The van der Waals surface area contributed by atoms with Gasteiger partial charge in [0.25, 0.3) is 11.6 Å². The van der Waals surface area contributed by atoms with E-state index in [1.807, 2.05) is 17.7 Å². The minimum atomic E-state index is -4.66. The van der Waals surface area contributed by atoms with Crippen LogP contribution in [-0.2, 0) is 12.7 Å². The Hall–Kier alpha value is -2.56. The molecule has 29 heavy (non-hydrogen) atoms. The molecule has 1 saturated heterocycles. The van der Waals surface area contributed by atoms with Gasteiger partial charge < -0.3 is 14.4 Å². The van der Waals surface area contributed by atoms with E-state index < -0.39 is 22.4 Å². The number of hydrogen-bond acceptors (Lipinski definition) is 4. The lowest BCUT2D eigenvalue weighted by atomic mass is 10.1. The number of hydrogen-bond donors (Lipinski definition) is 0. The summed E-state index contributed by atoms with van der Waals surface area (Å²) in [6.45, 7) is 3.74. The van der Waals surface area contributed by atoms with E-state index in [1.54, 1.807) is 15.9 Å². The van der Waals surface area contributed by atoms with Crippen LogP contribution in [0, 0.1) is 10.1 Å². The lowest BCUT2D eigenvalue weighted by Crippen LogP contribution is -2.49. The molecule has 0 aliphatic carbocycles. The summed E-state index contributed by atoms with van der Waals surface area (Å²) in [5.74, 6) is -0.154. The number of nitro benzene ring substituents is 1. The Morgan fingerprint density at radius 2 is 1.86 bits per heavy atom. The number of nitro groups is 1. The third-order valence-corrected chi connectivity index (χ3v) is 5.26. The van der Waals surface area contributed by atoms with Crippen molar-refractivity contribution >= 4 is 33.2 Å². The number of halogens is 4. The maximum absolute atomic E-state index is 12.9. The van der Waals surface area contributed by atoms with Crippen molar-refractivity contribution in [1.82, 2.24) is 9.47 Å². The molecule has 1 aromatic heterocycles. The van der Waals surface area contributed by atoms with Crippen LogP contribution < -0.4 is 4.90 Å². The fourth-order valence-electron chi connectivity index (χ4n) is 3.34. The molecule has 0 saturated carbocycles. The van der Waals surface area contributed by atoms with Gasteiger partial charge in [-0.15, -0.1) is 0 Å². The molecular weight excluding hydrogens is 457 g/mol. The van der Waals surface area contributed by atoms with E-state index in [-0.39, 0.29) is 24.7 Å². The van der Waals surface area contributed by atoms with Gasteiger partial charge in [0.2, 0.25) is 0 Å². The third-order valence-electron chi connectivity index (χ3n) is 4.83. The first-order valence-corrected chi connectivity index (χ1v) is 9.66. The number of carbonyl (C=O) groups is 1. The van der Waals surface area contributed by atoms with Gasteiger partial charge in [0.15, 0.2) is 0 Å². The summed E-state index contributed by atoms with van der Waals surface area (Å²) in [6, 6.07) is 4.25. The molecule has 1 fully saturated rings. The summed E-state index contributed by atoms with van der Waals surface area (Å²) in [7, 11) is 0. The minimum absolute atomic E-state index is 0.120. The molecule has 1 aliphatic rings. The van der Waals surface area contributed by atoms with E-state index in [9.17, 15) is 28.1 Å². The fourth-order valence-corrected chi connectivity index (χ4v) is 3.81. The Balaban J connectivity index is 1.77. The molecule has 0 bridgehead atoms. The molecule has 0 radical (unpaired) electrons. The van der Waals surface area contributed by atoms with E-state index in [2.05, 4.69) is 15.9 Å². The molecule has 0 atom stereocenters. The minimum Gasteiger partial charge on any atom is -0.362 e. The highest BCUT2D eigenvalue weighted by atomic mass is 79.9. The first kappa shape index (κ1) is 21.2. The van der Waals surface area contributed by atoms with Crippen LogP contribution in [0.15, 0.2) is 34.9 Å². The van der Waals surface area contributed by atoms with E-state index in [4.69, 9.17) is 0 Å². The molecule has 3 rings (SSSR count). The normalized spacial score (nSPS) is 14.9. The first-order chi connectivity index (χ1) is 13.6.